The maximum atomic E-state index is 3.64. The van der Waals surface area contributed by atoms with Crippen LogP contribution in [-0.4, -0.2) is 13.6 Å². The Morgan fingerprint density at radius 3 is 1.45 bits per heavy atom. The Balaban J connectivity index is 0.000000370. The molecule has 0 aromatic heterocycles. The van der Waals surface area contributed by atoms with Crippen molar-refractivity contribution in [3.8, 4) is 0 Å². The smallest absolute Gasteiger partial charge is 0.0400 e. The first kappa shape index (κ1) is 22.3. The van der Waals surface area contributed by atoms with Crippen LogP contribution in [0, 0.1) is 5.92 Å². The highest BCUT2D eigenvalue weighted by molar-refractivity contribution is 5.44. The van der Waals surface area contributed by atoms with Crippen LogP contribution in [0.15, 0.2) is 97.6 Å². The van der Waals surface area contributed by atoms with Crippen molar-refractivity contribution < 1.29 is 0 Å². The molecule has 0 amide bonds. The summed E-state index contributed by atoms with van der Waals surface area (Å²) in [5.41, 5.74) is 4.87. The normalized spacial score (nSPS) is 11.0. The molecule has 0 heterocycles. The van der Waals surface area contributed by atoms with Crippen LogP contribution in [0.25, 0.3) is 0 Å². The third-order valence-corrected chi connectivity index (χ3v) is 4.49. The monoisotopic (exact) mass is 387 g/mol. The van der Waals surface area contributed by atoms with Crippen molar-refractivity contribution in [1.82, 2.24) is 5.32 Å². The van der Waals surface area contributed by atoms with Crippen molar-refractivity contribution in [3.05, 3.63) is 109 Å². The maximum Gasteiger partial charge on any atom is 0.0400 e. The Morgan fingerprint density at radius 2 is 1.14 bits per heavy atom. The van der Waals surface area contributed by atoms with Crippen LogP contribution in [0.1, 0.15) is 18.1 Å². The summed E-state index contributed by atoms with van der Waals surface area (Å²) < 4.78 is 0. The number of rotatable bonds is 9. The minimum absolute atomic E-state index is 0.602. The summed E-state index contributed by atoms with van der Waals surface area (Å²) in [5, 5.41) is 9.89. The second kappa shape index (κ2) is 13.2. The van der Waals surface area contributed by atoms with E-state index < -0.39 is 0 Å². The van der Waals surface area contributed by atoms with Gasteiger partial charge in [0.05, 0.1) is 0 Å². The van der Waals surface area contributed by atoms with Gasteiger partial charge in [0, 0.05) is 31.0 Å². The lowest BCUT2D eigenvalue weighted by atomic mass is 10.1. The third kappa shape index (κ3) is 9.13. The minimum Gasteiger partial charge on any atom is -0.381 e. The van der Waals surface area contributed by atoms with Gasteiger partial charge in [-0.25, -0.2) is 0 Å². The molecular formula is C26H33N3. The molecular weight excluding hydrogens is 354 g/mol. The van der Waals surface area contributed by atoms with E-state index in [9.17, 15) is 0 Å². The van der Waals surface area contributed by atoms with Crippen LogP contribution in [0.2, 0.25) is 0 Å². The molecule has 3 aromatic carbocycles. The van der Waals surface area contributed by atoms with Gasteiger partial charge in [0.2, 0.25) is 0 Å². The van der Waals surface area contributed by atoms with Gasteiger partial charge in [-0.3, -0.25) is 0 Å². The van der Waals surface area contributed by atoms with Crippen LogP contribution in [0.3, 0.4) is 0 Å². The molecule has 3 N–H and O–H groups in total. The molecule has 0 saturated carbocycles. The lowest BCUT2D eigenvalue weighted by Crippen LogP contribution is -2.13. The van der Waals surface area contributed by atoms with E-state index in [-0.39, 0.29) is 0 Å². The molecule has 0 aliphatic rings. The molecule has 0 radical (unpaired) electrons. The number of hydrogen-bond acceptors (Lipinski definition) is 3. The van der Waals surface area contributed by atoms with E-state index in [4.69, 9.17) is 0 Å². The van der Waals surface area contributed by atoms with Gasteiger partial charge in [-0.05, 0) is 48.4 Å². The zero-order valence-corrected chi connectivity index (χ0v) is 17.6. The molecule has 0 fully saturated rings. The Morgan fingerprint density at radius 1 is 0.724 bits per heavy atom. The fraction of sp³-hybridized carbons (Fsp3) is 0.231. The molecule has 1 atom stereocenters. The summed E-state index contributed by atoms with van der Waals surface area (Å²) in [6, 6.07) is 29.3. The lowest BCUT2D eigenvalue weighted by Gasteiger charge is -2.09. The lowest BCUT2D eigenvalue weighted by molar-refractivity contribution is 0.651. The average Bonchev–Trinajstić information content (AvgIpc) is 2.79. The van der Waals surface area contributed by atoms with E-state index in [0.717, 1.165) is 31.0 Å². The minimum atomic E-state index is 0.602. The van der Waals surface area contributed by atoms with Gasteiger partial charge in [0.15, 0.2) is 0 Å². The zero-order chi connectivity index (χ0) is 20.7. The summed E-state index contributed by atoms with van der Waals surface area (Å²) in [4.78, 5) is 0. The fourth-order valence-corrected chi connectivity index (χ4v) is 2.70. The highest BCUT2D eigenvalue weighted by Crippen LogP contribution is 2.11. The molecule has 0 aliphatic carbocycles. The fourth-order valence-electron chi connectivity index (χ4n) is 2.70. The third-order valence-electron chi connectivity index (χ3n) is 4.49. The van der Waals surface area contributed by atoms with Gasteiger partial charge in [-0.2, -0.15) is 0 Å². The van der Waals surface area contributed by atoms with Crippen LogP contribution in [-0.2, 0) is 13.1 Å². The quantitative estimate of drug-likeness (QED) is 0.398. The number of hydrogen-bond donors (Lipinski definition) is 3. The van der Waals surface area contributed by atoms with E-state index >= 15 is 0 Å². The van der Waals surface area contributed by atoms with E-state index in [1.54, 1.807) is 0 Å². The van der Waals surface area contributed by atoms with Gasteiger partial charge < -0.3 is 16.0 Å². The Kier molecular flexibility index (Phi) is 10.1. The molecule has 152 valence electrons. The molecule has 3 heteroatoms. The van der Waals surface area contributed by atoms with Crippen molar-refractivity contribution in [3.63, 3.8) is 0 Å². The predicted octanol–water partition coefficient (Wildman–Crippen LogP) is 5.94. The topological polar surface area (TPSA) is 36.1 Å². The molecule has 29 heavy (non-hydrogen) atoms. The molecule has 0 saturated heterocycles. The molecule has 3 aromatic rings. The Bertz CT molecular complexity index is 736. The molecule has 0 aliphatic heterocycles. The zero-order valence-electron chi connectivity index (χ0n) is 17.6. The van der Waals surface area contributed by atoms with Crippen molar-refractivity contribution >= 4 is 11.4 Å². The second-order valence-electron chi connectivity index (χ2n) is 7.03. The second-order valence-corrected chi connectivity index (χ2v) is 7.03. The number of anilines is 2. The molecule has 1 unspecified atom stereocenters. The summed E-state index contributed by atoms with van der Waals surface area (Å²) in [6.45, 7) is 8.49. The summed E-state index contributed by atoms with van der Waals surface area (Å²) in [6.07, 6.45) is 1.94. The number of para-hydroxylation sites is 2. The van der Waals surface area contributed by atoms with E-state index in [0.29, 0.717) is 5.92 Å². The van der Waals surface area contributed by atoms with Crippen molar-refractivity contribution in [2.75, 3.05) is 24.2 Å². The molecule has 0 bridgehead atoms. The molecule has 3 nitrogen and oxygen atoms in total. The first-order valence-electron chi connectivity index (χ1n) is 10.1. The van der Waals surface area contributed by atoms with E-state index in [1.807, 2.05) is 49.5 Å². The predicted molar refractivity (Wildman–Crippen MR) is 127 cm³/mol. The first-order valence-corrected chi connectivity index (χ1v) is 10.1. The SMILES string of the molecule is C=CC(C)CNC.c1ccc(NCc2ccc(CNc3ccccc3)cc2)cc1. The highest BCUT2D eigenvalue weighted by Gasteiger charge is 1.96. The van der Waals surface area contributed by atoms with E-state index in [1.165, 1.54) is 11.1 Å². The highest BCUT2D eigenvalue weighted by atomic mass is 14.9. The average molecular weight is 388 g/mol. The van der Waals surface area contributed by atoms with E-state index in [2.05, 4.69) is 78.0 Å². The van der Waals surface area contributed by atoms with Gasteiger partial charge in [0.25, 0.3) is 0 Å². The van der Waals surface area contributed by atoms with Crippen LogP contribution in [0.4, 0.5) is 11.4 Å². The van der Waals surface area contributed by atoms with Crippen molar-refractivity contribution in [1.29, 1.82) is 0 Å². The van der Waals surface area contributed by atoms with Crippen LogP contribution < -0.4 is 16.0 Å². The van der Waals surface area contributed by atoms with Crippen molar-refractivity contribution in [2.45, 2.75) is 20.0 Å². The summed E-state index contributed by atoms with van der Waals surface area (Å²) >= 11 is 0. The van der Waals surface area contributed by atoms with Crippen molar-refractivity contribution in [2.24, 2.45) is 5.92 Å². The first-order chi connectivity index (χ1) is 14.2. The van der Waals surface area contributed by atoms with Gasteiger partial charge in [0.1, 0.15) is 0 Å². The van der Waals surface area contributed by atoms with Gasteiger partial charge >= 0.3 is 0 Å². The molecule has 3 rings (SSSR count). The largest absolute Gasteiger partial charge is 0.381 e. The summed E-state index contributed by atoms with van der Waals surface area (Å²) in [7, 11) is 1.94. The standard InChI is InChI=1S/C20H20N2.C6H13N/c1-3-7-19(8-4-1)21-15-17-11-13-18(14-12-17)16-22-20-9-5-2-6-10-20;1-4-6(2)5-7-3/h1-14,21-22H,15-16H2;4,6-7H,1,5H2,2-3H3. The Hall–Kier alpha value is -3.04. The van der Waals surface area contributed by atoms with Crippen LogP contribution in [0.5, 0.6) is 0 Å². The maximum absolute atomic E-state index is 3.64. The molecule has 0 spiro atoms. The van der Waals surface area contributed by atoms with Crippen LogP contribution >= 0.6 is 0 Å². The Labute approximate surface area is 175 Å². The summed E-state index contributed by atoms with van der Waals surface area (Å²) in [5.74, 6) is 0.602. The van der Waals surface area contributed by atoms with Gasteiger partial charge in [-0.15, -0.1) is 6.58 Å². The number of benzene rings is 3. The van der Waals surface area contributed by atoms with Gasteiger partial charge in [-0.1, -0.05) is 73.7 Å². The number of nitrogens with one attached hydrogen (secondary N) is 3.